The van der Waals surface area contributed by atoms with Crippen molar-refractivity contribution < 1.29 is 4.74 Å². The van der Waals surface area contributed by atoms with Crippen LogP contribution < -0.4 is 11.1 Å². The highest BCUT2D eigenvalue weighted by atomic mass is 32.1. The fourth-order valence-corrected chi connectivity index (χ4v) is 3.14. The number of nitrogen functional groups attached to an aromatic ring is 1. The summed E-state index contributed by atoms with van der Waals surface area (Å²) in [7, 11) is 0. The molecule has 3 N–H and O–H groups in total. The molecule has 1 aliphatic heterocycles. The first kappa shape index (κ1) is 15.2. The summed E-state index contributed by atoms with van der Waals surface area (Å²) in [6.45, 7) is 5.71. The molecule has 1 fully saturated rings. The normalized spacial score (nSPS) is 15.8. The minimum absolute atomic E-state index is 0.307. The summed E-state index contributed by atoms with van der Waals surface area (Å²) in [5.41, 5.74) is 6.68. The maximum absolute atomic E-state index is 5.81. The van der Waals surface area contributed by atoms with Gasteiger partial charge < -0.3 is 15.8 Å². The third-order valence-corrected chi connectivity index (χ3v) is 4.47. The van der Waals surface area contributed by atoms with Gasteiger partial charge in [-0.15, -0.1) is 11.3 Å². The quantitative estimate of drug-likeness (QED) is 0.792. The first-order valence-electron chi connectivity index (χ1n) is 7.54. The van der Waals surface area contributed by atoms with E-state index in [1.54, 1.807) is 11.3 Å². The van der Waals surface area contributed by atoms with Crippen LogP contribution in [0.25, 0.3) is 10.6 Å². The Morgan fingerprint density at radius 1 is 1.32 bits per heavy atom. The third kappa shape index (κ3) is 4.16. The van der Waals surface area contributed by atoms with Gasteiger partial charge in [0.2, 0.25) is 5.95 Å². The van der Waals surface area contributed by atoms with E-state index in [0.29, 0.717) is 5.95 Å². The van der Waals surface area contributed by atoms with Crippen molar-refractivity contribution in [1.29, 1.82) is 0 Å². The molecule has 118 valence electrons. The summed E-state index contributed by atoms with van der Waals surface area (Å²) in [4.78, 5) is 12.1. The van der Waals surface area contributed by atoms with Crippen LogP contribution in [0.5, 0.6) is 0 Å². The van der Waals surface area contributed by atoms with Crippen LogP contribution >= 0.6 is 11.3 Å². The highest BCUT2D eigenvalue weighted by Gasteiger charge is 2.09. The lowest BCUT2D eigenvalue weighted by Crippen LogP contribution is -2.37. The zero-order chi connectivity index (χ0) is 15.2. The fourth-order valence-electron chi connectivity index (χ4n) is 2.45. The van der Waals surface area contributed by atoms with Crippen molar-refractivity contribution in [2.45, 2.75) is 6.42 Å². The Bertz CT molecular complexity index is 584. The number of morpholine rings is 1. The number of nitrogens with zero attached hydrogens (tertiary/aromatic N) is 3. The van der Waals surface area contributed by atoms with Crippen LogP contribution in [0.2, 0.25) is 0 Å². The second-order valence-electron chi connectivity index (χ2n) is 5.21. The second kappa shape index (κ2) is 7.53. The average molecular weight is 319 g/mol. The Hall–Kier alpha value is -1.70. The molecule has 0 atom stereocenters. The van der Waals surface area contributed by atoms with Crippen LogP contribution in [0.3, 0.4) is 0 Å². The first-order valence-corrected chi connectivity index (χ1v) is 8.41. The van der Waals surface area contributed by atoms with Crippen molar-refractivity contribution >= 4 is 23.1 Å². The summed E-state index contributed by atoms with van der Waals surface area (Å²) in [6.07, 6.45) is 1.07. The number of nitrogens with two attached hydrogens (primary N) is 1. The number of anilines is 2. The molecule has 6 nitrogen and oxygen atoms in total. The zero-order valence-electron chi connectivity index (χ0n) is 12.5. The van der Waals surface area contributed by atoms with E-state index in [2.05, 4.69) is 20.2 Å². The van der Waals surface area contributed by atoms with Crippen molar-refractivity contribution in [3.63, 3.8) is 0 Å². The van der Waals surface area contributed by atoms with Gasteiger partial charge in [0.05, 0.1) is 23.8 Å². The SMILES string of the molecule is Nc1nc(NCCCN2CCOCC2)cc(-c2cccs2)n1. The summed E-state index contributed by atoms with van der Waals surface area (Å²) < 4.78 is 5.35. The highest BCUT2D eigenvalue weighted by Crippen LogP contribution is 2.24. The molecule has 2 aromatic rings. The van der Waals surface area contributed by atoms with Crippen LogP contribution in [0, 0.1) is 0 Å². The average Bonchev–Trinajstić information content (AvgIpc) is 3.07. The maximum atomic E-state index is 5.81. The van der Waals surface area contributed by atoms with Crippen LogP contribution in [-0.2, 0) is 4.74 Å². The molecule has 1 saturated heterocycles. The van der Waals surface area contributed by atoms with Gasteiger partial charge >= 0.3 is 0 Å². The predicted octanol–water partition coefficient (Wildman–Crippen LogP) is 1.92. The van der Waals surface area contributed by atoms with E-state index in [0.717, 1.165) is 62.2 Å². The van der Waals surface area contributed by atoms with E-state index >= 15 is 0 Å². The Kier molecular flexibility index (Phi) is 5.20. The van der Waals surface area contributed by atoms with Gasteiger partial charge in [-0.05, 0) is 24.4 Å². The van der Waals surface area contributed by atoms with E-state index in [-0.39, 0.29) is 0 Å². The topological polar surface area (TPSA) is 76.3 Å². The van der Waals surface area contributed by atoms with Gasteiger partial charge in [0.15, 0.2) is 0 Å². The number of nitrogens with one attached hydrogen (secondary N) is 1. The van der Waals surface area contributed by atoms with E-state index in [1.165, 1.54) is 0 Å². The lowest BCUT2D eigenvalue weighted by molar-refractivity contribution is 0.0378. The number of aromatic nitrogens is 2. The zero-order valence-corrected chi connectivity index (χ0v) is 13.3. The van der Waals surface area contributed by atoms with Crippen LogP contribution in [0.4, 0.5) is 11.8 Å². The van der Waals surface area contributed by atoms with Gasteiger partial charge in [-0.3, -0.25) is 4.90 Å². The van der Waals surface area contributed by atoms with E-state index in [4.69, 9.17) is 10.5 Å². The molecule has 0 amide bonds. The van der Waals surface area contributed by atoms with Crippen molar-refractivity contribution in [3.05, 3.63) is 23.6 Å². The molecule has 2 aromatic heterocycles. The molecule has 1 aliphatic rings. The van der Waals surface area contributed by atoms with Gasteiger partial charge in [0, 0.05) is 25.7 Å². The van der Waals surface area contributed by atoms with Gasteiger partial charge in [0.25, 0.3) is 0 Å². The lowest BCUT2D eigenvalue weighted by Gasteiger charge is -2.26. The Morgan fingerprint density at radius 2 is 2.18 bits per heavy atom. The van der Waals surface area contributed by atoms with Crippen LogP contribution in [-0.4, -0.2) is 54.3 Å². The Morgan fingerprint density at radius 3 is 2.95 bits per heavy atom. The van der Waals surface area contributed by atoms with Crippen molar-refractivity contribution in [2.75, 3.05) is 50.4 Å². The summed E-state index contributed by atoms with van der Waals surface area (Å²) >= 11 is 1.65. The number of thiophene rings is 1. The van der Waals surface area contributed by atoms with Gasteiger partial charge in [0.1, 0.15) is 5.82 Å². The molecule has 0 unspecified atom stereocenters. The van der Waals surface area contributed by atoms with Crippen LogP contribution in [0.1, 0.15) is 6.42 Å². The summed E-state index contributed by atoms with van der Waals surface area (Å²) in [5.74, 6) is 1.10. The summed E-state index contributed by atoms with van der Waals surface area (Å²) in [5, 5.41) is 5.37. The number of ether oxygens (including phenoxy) is 1. The molecule has 0 bridgehead atoms. The molecule has 0 radical (unpaired) electrons. The Balaban J connectivity index is 1.51. The summed E-state index contributed by atoms with van der Waals surface area (Å²) in [6, 6.07) is 6.00. The van der Waals surface area contributed by atoms with Crippen LogP contribution in [0.15, 0.2) is 23.6 Å². The van der Waals surface area contributed by atoms with Crippen molar-refractivity contribution in [3.8, 4) is 10.6 Å². The van der Waals surface area contributed by atoms with Crippen molar-refractivity contribution in [2.24, 2.45) is 0 Å². The first-order chi connectivity index (χ1) is 10.8. The van der Waals surface area contributed by atoms with E-state index < -0.39 is 0 Å². The van der Waals surface area contributed by atoms with Crippen molar-refractivity contribution in [1.82, 2.24) is 14.9 Å². The van der Waals surface area contributed by atoms with Gasteiger partial charge in [-0.25, -0.2) is 4.98 Å². The minimum Gasteiger partial charge on any atom is -0.379 e. The third-order valence-electron chi connectivity index (χ3n) is 3.58. The predicted molar refractivity (Wildman–Crippen MR) is 90.1 cm³/mol. The molecule has 0 aliphatic carbocycles. The molecular weight excluding hydrogens is 298 g/mol. The van der Waals surface area contributed by atoms with E-state index in [1.807, 2.05) is 23.6 Å². The molecule has 0 aromatic carbocycles. The molecule has 0 saturated carbocycles. The standard InChI is InChI=1S/C15H21N5OS/c16-15-18-12(13-3-1-10-22-13)11-14(19-15)17-4-2-5-20-6-8-21-9-7-20/h1,3,10-11H,2,4-9H2,(H3,16,17,18,19). The Labute approximate surface area is 134 Å². The van der Waals surface area contributed by atoms with Gasteiger partial charge in [-0.1, -0.05) is 6.07 Å². The molecule has 0 spiro atoms. The molecule has 7 heteroatoms. The minimum atomic E-state index is 0.307. The van der Waals surface area contributed by atoms with E-state index in [9.17, 15) is 0 Å². The smallest absolute Gasteiger partial charge is 0.222 e. The highest BCUT2D eigenvalue weighted by molar-refractivity contribution is 7.13. The van der Waals surface area contributed by atoms with Gasteiger partial charge in [-0.2, -0.15) is 4.98 Å². The molecule has 22 heavy (non-hydrogen) atoms. The largest absolute Gasteiger partial charge is 0.379 e. The fraction of sp³-hybridized carbons (Fsp3) is 0.467. The molecule has 3 rings (SSSR count). The molecular formula is C15H21N5OS. The number of rotatable bonds is 6. The lowest BCUT2D eigenvalue weighted by atomic mass is 10.3. The number of hydrogen-bond acceptors (Lipinski definition) is 7. The second-order valence-corrected chi connectivity index (χ2v) is 6.16. The monoisotopic (exact) mass is 319 g/mol. The number of hydrogen-bond donors (Lipinski definition) is 2. The molecule has 3 heterocycles. The maximum Gasteiger partial charge on any atom is 0.222 e.